The second-order valence-corrected chi connectivity index (χ2v) is 8.61. The third-order valence-corrected chi connectivity index (χ3v) is 5.84. The number of Topliss-reactive ketones (excluding diaryl/α,β-unsaturated/α-hetero) is 1. The van der Waals surface area contributed by atoms with Gasteiger partial charge < -0.3 is 10.1 Å². The summed E-state index contributed by atoms with van der Waals surface area (Å²) in [6.07, 6.45) is 4.33. The van der Waals surface area contributed by atoms with Gasteiger partial charge in [0.1, 0.15) is 12.4 Å². The lowest BCUT2D eigenvalue weighted by molar-refractivity contribution is -0.140. The third-order valence-electron chi connectivity index (χ3n) is 5.84. The lowest BCUT2D eigenvalue weighted by Crippen LogP contribution is -2.39. The fourth-order valence-electron chi connectivity index (χ4n) is 4.63. The molecule has 1 aliphatic carbocycles. The zero-order valence-corrected chi connectivity index (χ0v) is 17.6. The molecule has 154 valence electrons. The van der Waals surface area contributed by atoms with Crippen LogP contribution in [-0.4, -0.2) is 16.7 Å². The Morgan fingerprint density at radius 2 is 1.97 bits per heavy atom. The molecule has 30 heavy (non-hydrogen) atoms. The molecule has 1 atom stereocenters. The zero-order valence-electron chi connectivity index (χ0n) is 17.6. The van der Waals surface area contributed by atoms with E-state index in [0.29, 0.717) is 18.4 Å². The molecule has 2 heterocycles. The number of esters is 1. The van der Waals surface area contributed by atoms with Crippen LogP contribution in [0.3, 0.4) is 0 Å². The Bertz CT molecular complexity index is 1040. The third kappa shape index (κ3) is 3.80. The fraction of sp³-hybridized carbons (Fsp3) is 0.320. The van der Waals surface area contributed by atoms with Gasteiger partial charge in [0.25, 0.3) is 0 Å². The number of carbonyl (C=O) groups is 2. The van der Waals surface area contributed by atoms with Crippen LogP contribution in [0, 0.1) is 5.41 Å². The number of carbonyl (C=O) groups excluding carboxylic acids is 2. The molecular weight excluding hydrogens is 376 g/mol. The maximum Gasteiger partial charge on any atom is 0.337 e. The summed E-state index contributed by atoms with van der Waals surface area (Å²) in [7, 11) is 0. The van der Waals surface area contributed by atoms with Crippen molar-refractivity contribution >= 4 is 11.8 Å². The Morgan fingerprint density at radius 3 is 2.67 bits per heavy atom. The predicted molar refractivity (Wildman–Crippen MR) is 114 cm³/mol. The molecule has 1 aliphatic heterocycles. The first-order chi connectivity index (χ1) is 14.4. The Hall–Kier alpha value is -3.21. The Balaban J connectivity index is 1.74. The Morgan fingerprint density at radius 1 is 1.20 bits per heavy atom. The van der Waals surface area contributed by atoms with Gasteiger partial charge in [-0.25, -0.2) is 4.79 Å². The van der Waals surface area contributed by atoms with Crippen molar-refractivity contribution in [3.8, 4) is 0 Å². The molecule has 0 radical (unpaired) electrons. The number of benzene rings is 1. The predicted octanol–water partition coefficient (Wildman–Crippen LogP) is 4.43. The van der Waals surface area contributed by atoms with Gasteiger partial charge in [0, 0.05) is 42.5 Å². The number of nitrogens with zero attached hydrogens (tertiary/aromatic N) is 1. The molecule has 2 aromatic rings. The van der Waals surface area contributed by atoms with Gasteiger partial charge >= 0.3 is 5.97 Å². The number of ether oxygens (including phenoxy) is 1. The molecule has 0 saturated heterocycles. The average Bonchev–Trinajstić information content (AvgIpc) is 2.71. The van der Waals surface area contributed by atoms with Gasteiger partial charge in [-0.05, 0) is 35.1 Å². The summed E-state index contributed by atoms with van der Waals surface area (Å²) in [5.41, 5.74) is 4.79. The van der Waals surface area contributed by atoms with E-state index in [4.69, 9.17) is 4.74 Å². The van der Waals surface area contributed by atoms with E-state index in [1.165, 1.54) is 0 Å². The van der Waals surface area contributed by atoms with Crippen molar-refractivity contribution in [3.05, 3.63) is 88.5 Å². The average molecular weight is 402 g/mol. The molecule has 5 heteroatoms. The standard InChI is InChI=1S/C25H26N2O3/c1-16-21(24(29)30-15-17-8-5-4-6-9-17)22(18-10-7-11-26-14-18)23-20(27-16)12-19(28)13-25(23,2)3/h4-11,14,22,27H,12-13,15H2,1-3H3. The van der Waals surface area contributed by atoms with E-state index in [2.05, 4.69) is 24.1 Å². The molecule has 1 N–H and O–H groups in total. The van der Waals surface area contributed by atoms with E-state index in [1.807, 2.05) is 49.4 Å². The van der Waals surface area contributed by atoms with Crippen molar-refractivity contribution in [3.63, 3.8) is 0 Å². The summed E-state index contributed by atoms with van der Waals surface area (Å²) in [6, 6.07) is 13.5. The minimum atomic E-state index is -0.371. The summed E-state index contributed by atoms with van der Waals surface area (Å²) in [6.45, 7) is 6.22. The van der Waals surface area contributed by atoms with Crippen LogP contribution in [0.4, 0.5) is 0 Å². The highest BCUT2D eigenvalue weighted by atomic mass is 16.5. The van der Waals surface area contributed by atoms with Crippen LogP contribution >= 0.6 is 0 Å². The van der Waals surface area contributed by atoms with E-state index in [0.717, 1.165) is 28.1 Å². The maximum atomic E-state index is 13.3. The van der Waals surface area contributed by atoms with Crippen molar-refractivity contribution < 1.29 is 14.3 Å². The molecule has 1 unspecified atom stereocenters. The molecule has 0 spiro atoms. The van der Waals surface area contributed by atoms with Crippen LogP contribution in [0.5, 0.6) is 0 Å². The van der Waals surface area contributed by atoms with E-state index in [1.54, 1.807) is 12.4 Å². The molecule has 4 rings (SSSR count). The number of ketones is 1. The van der Waals surface area contributed by atoms with Crippen molar-refractivity contribution in [1.29, 1.82) is 0 Å². The van der Waals surface area contributed by atoms with E-state index in [9.17, 15) is 9.59 Å². The topological polar surface area (TPSA) is 68.3 Å². The molecule has 2 aliphatic rings. The largest absolute Gasteiger partial charge is 0.457 e. The van der Waals surface area contributed by atoms with E-state index < -0.39 is 0 Å². The molecule has 5 nitrogen and oxygen atoms in total. The molecule has 0 fully saturated rings. The lowest BCUT2D eigenvalue weighted by Gasteiger charge is -2.43. The fourth-order valence-corrected chi connectivity index (χ4v) is 4.63. The smallest absolute Gasteiger partial charge is 0.337 e. The van der Waals surface area contributed by atoms with Crippen LogP contribution in [-0.2, 0) is 20.9 Å². The number of dihydropyridines is 1. The summed E-state index contributed by atoms with van der Waals surface area (Å²) in [4.78, 5) is 29.9. The summed E-state index contributed by atoms with van der Waals surface area (Å²) < 4.78 is 5.71. The second kappa shape index (κ2) is 7.90. The van der Waals surface area contributed by atoms with Crippen molar-refractivity contribution in [2.45, 2.75) is 46.1 Å². The molecule has 1 aromatic carbocycles. The van der Waals surface area contributed by atoms with Crippen LogP contribution in [0.1, 0.15) is 50.7 Å². The monoisotopic (exact) mass is 402 g/mol. The van der Waals surface area contributed by atoms with E-state index >= 15 is 0 Å². The van der Waals surface area contributed by atoms with Crippen LogP contribution in [0.2, 0.25) is 0 Å². The summed E-state index contributed by atoms with van der Waals surface area (Å²) >= 11 is 0. The first-order valence-electron chi connectivity index (χ1n) is 10.2. The van der Waals surface area contributed by atoms with Crippen LogP contribution in [0.15, 0.2) is 77.4 Å². The van der Waals surface area contributed by atoms with Crippen LogP contribution in [0.25, 0.3) is 0 Å². The van der Waals surface area contributed by atoms with Gasteiger partial charge in [0.2, 0.25) is 0 Å². The normalized spacial score (nSPS) is 20.5. The molecule has 0 amide bonds. The molecule has 1 aromatic heterocycles. The number of nitrogens with one attached hydrogen (secondary N) is 1. The lowest BCUT2D eigenvalue weighted by atomic mass is 9.64. The van der Waals surface area contributed by atoms with Crippen molar-refractivity contribution in [2.75, 3.05) is 0 Å². The van der Waals surface area contributed by atoms with Crippen molar-refractivity contribution in [1.82, 2.24) is 10.3 Å². The quantitative estimate of drug-likeness (QED) is 0.767. The molecular formula is C25H26N2O3. The highest BCUT2D eigenvalue weighted by molar-refractivity contribution is 5.94. The number of aromatic nitrogens is 1. The van der Waals surface area contributed by atoms with Gasteiger partial charge in [0.15, 0.2) is 0 Å². The molecule has 0 bridgehead atoms. The van der Waals surface area contributed by atoms with Gasteiger partial charge in [-0.1, -0.05) is 50.2 Å². The Labute approximate surface area is 176 Å². The maximum absolute atomic E-state index is 13.3. The number of hydrogen-bond donors (Lipinski definition) is 1. The summed E-state index contributed by atoms with van der Waals surface area (Å²) in [5.74, 6) is -0.433. The van der Waals surface area contributed by atoms with Gasteiger partial charge in [-0.2, -0.15) is 0 Å². The molecule has 0 saturated carbocycles. The second-order valence-electron chi connectivity index (χ2n) is 8.61. The number of allylic oxidation sites excluding steroid dienone is 3. The SMILES string of the molecule is CC1=C(C(=O)OCc2ccccc2)C(c2cccnc2)C2=C(CC(=O)CC2(C)C)N1. The highest BCUT2D eigenvalue weighted by Crippen LogP contribution is 2.50. The first-order valence-corrected chi connectivity index (χ1v) is 10.2. The van der Waals surface area contributed by atoms with Crippen molar-refractivity contribution in [2.24, 2.45) is 5.41 Å². The van der Waals surface area contributed by atoms with Gasteiger partial charge in [-0.3, -0.25) is 9.78 Å². The first kappa shape index (κ1) is 20.1. The minimum Gasteiger partial charge on any atom is -0.457 e. The Kier molecular flexibility index (Phi) is 5.29. The highest BCUT2D eigenvalue weighted by Gasteiger charge is 2.44. The van der Waals surface area contributed by atoms with Gasteiger partial charge in [0.05, 0.1) is 5.57 Å². The minimum absolute atomic E-state index is 0.207. The number of hydrogen-bond acceptors (Lipinski definition) is 5. The zero-order chi connectivity index (χ0) is 21.3. The number of rotatable bonds is 4. The summed E-state index contributed by atoms with van der Waals surface area (Å²) in [5, 5.41) is 3.35. The number of pyridine rings is 1. The van der Waals surface area contributed by atoms with Gasteiger partial charge in [-0.15, -0.1) is 0 Å². The van der Waals surface area contributed by atoms with Crippen LogP contribution < -0.4 is 5.32 Å². The van der Waals surface area contributed by atoms with E-state index in [-0.39, 0.29) is 29.7 Å².